The molecule has 5 rings (SSSR count). The van der Waals surface area contributed by atoms with E-state index in [1.807, 2.05) is 53.4 Å². The van der Waals surface area contributed by atoms with Crippen LogP contribution in [0.5, 0.6) is 0 Å². The first-order chi connectivity index (χ1) is 14.7. The largest absolute Gasteiger partial charge is 0.293 e. The average Bonchev–Trinajstić information content (AvgIpc) is 3.47. The van der Waals surface area contributed by atoms with E-state index in [1.54, 1.807) is 12.4 Å². The van der Waals surface area contributed by atoms with Crippen LogP contribution in [0.25, 0.3) is 17.1 Å². The van der Waals surface area contributed by atoms with Crippen molar-refractivity contribution >= 4 is 5.71 Å². The molecule has 0 radical (unpaired) electrons. The molecule has 2 aromatic heterocycles. The molecule has 4 aromatic rings. The van der Waals surface area contributed by atoms with E-state index in [0.29, 0.717) is 18.1 Å². The maximum Gasteiger partial charge on any atom is 0.233 e. The summed E-state index contributed by atoms with van der Waals surface area (Å²) >= 11 is 0. The first-order valence-corrected chi connectivity index (χ1v) is 9.76. The molecule has 0 amide bonds. The zero-order chi connectivity index (χ0) is 20.5. The van der Waals surface area contributed by atoms with Gasteiger partial charge in [0.05, 0.1) is 11.6 Å². The molecule has 1 aliphatic rings. The number of nitrogens with zero attached hydrogens (tertiary/aromatic N) is 4. The number of aromatic nitrogens is 3. The highest BCUT2D eigenvalue weighted by Crippen LogP contribution is 2.33. The van der Waals surface area contributed by atoms with Gasteiger partial charge in [0.25, 0.3) is 0 Å². The minimum absolute atomic E-state index is 0.00319. The molecule has 1 aliphatic heterocycles. The summed E-state index contributed by atoms with van der Waals surface area (Å²) in [6.07, 6.45) is 8.67. The molecule has 0 saturated heterocycles. The van der Waals surface area contributed by atoms with Crippen LogP contribution in [-0.2, 0) is 0 Å². The highest BCUT2D eigenvalue weighted by atomic mass is 19.1. The van der Waals surface area contributed by atoms with E-state index in [-0.39, 0.29) is 11.6 Å². The Morgan fingerprint density at radius 3 is 2.13 bits per heavy atom. The van der Waals surface area contributed by atoms with Gasteiger partial charge in [-0.25, -0.2) is 18.7 Å². The molecular weight excluding hydrogens is 382 g/mol. The Labute approximate surface area is 172 Å². The Morgan fingerprint density at radius 1 is 0.800 bits per heavy atom. The highest BCUT2D eigenvalue weighted by Gasteiger charge is 2.24. The fraction of sp³-hybridized carbons (Fsp3) is 0.125. The molecule has 0 spiro atoms. The molecule has 1 unspecified atom stereocenters. The van der Waals surface area contributed by atoms with Gasteiger partial charge in [0, 0.05) is 36.1 Å². The van der Waals surface area contributed by atoms with Crippen LogP contribution in [-0.4, -0.2) is 20.2 Å². The van der Waals surface area contributed by atoms with Gasteiger partial charge in [-0.3, -0.25) is 9.56 Å². The van der Waals surface area contributed by atoms with Gasteiger partial charge in [0.1, 0.15) is 11.6 Å². The number of halogens is 2. The van der Waals surface area contributed by atoms with Crippen molar-refractivity contribution in [1.29, 1.82) is 0 Å². The summed E-state index contributed by atoms with van der Waals surface area (Å²) in [7, 11) is 0. The summed E-state index contributed by atoms with van der Waals surface area (Å²) < 4.78 is 30.0. The Balaban J connectivity index is 1.36. The standard InChI is InChI=1S/C24H18F2N4/c25-19-4-3-5-20(26)23(19)22-11-10-21(29-22)17-8-6-16(7-9-17)18-14-27-24(28-15-18)30-12-1-2-13-30/h1-9,12-15,21H,10-11H2. The van der Waals surface area contributed by atoms with Crippen LogP contribution in [0, 0.1) is 11.6 Å². The second-order valence-corrected chi connectivity index (χ2v) is 7.21. The van der Waals surface area contributed by atoms with Crippen molar-refractivity contribution in [3.63, 3.8) is 0 Å². The van der Waals surface area contributed by atoms with E-state index < -0.39 is 11.6 Å². The van der Waals surface area contributed by atoms with Crippen LogP contribution in [0.4, 0.5) is 8.78 Å². The molecule has 0 bridgehead atoms. The molecule has 148 valence electrons. The molecular formula is C24H18F2N4. The van der Waals surface area contributed by atoms with Crippen LogP contribution in [0.2, 0.25) is 0 Å². The van der Waals surface area contributed by atoms with E-state index in [1.165, 1.54) is 18.2 Å². The normalized spacial score (nSPS) is 15.9. The lowest BCUT2D eigenvalue weighted by Crippen LogP contribution is -2.03. The SMILES string of the molecule is Fc1cccc(F)c1C1=NC(c2ccc(-c3cnc(-n4cccc4)nc3)cc2)CC1. The third-order valence-electron chi connectivity index (χ3n) is 5.32. The minimum Gasteiger partial charge on any atom is -0.293 e. The Morgan fingerprint density at radius 2 is 1.47 bits per heavy atom. The molecule has 3 heterocycles. The molecule has 4 nitrogen and oxygen atoms in total. The summed E-state index contributed by atoms with van der Waals surface area (Å²) in [6, 6.07) is 15.7. The quantitative estimate of drug-likeness (QED) is 0.452. The van der Waals surface area contributed by atoms with E-state index in [0.717, 1.165) is 23.1 Å². The number of rotatable bonds is 4. The van der Waals surface area contributed by atoms with Gasteiger partial charge >= 0.3 is 0 Å². The van der Waals surface area contributed by atoms with Gasteiger partial charge < -0.3 is 0 Å². The molecule has 0 fully saturated rings. The fourth-order valence-electron chi connectivity index (χ4n) is 3.76. The molecule has 6 heteroatoms. The third-order valence-corrected chi connectivity index (χ3v) is 5.32. The number of hydrogen-bond donors (Lipinski definition) is 0. The Hall–Kier alpha value is -3.67. The maximum absolute atomic E-state index is 14.1. The minimum atomic E-state index is -0.562. The van der Waals surface area contributed by atoms with Gasteiger partial charge in [-0.05, 0) is 48.2 Å². The van der Waals surface area contributed by atoms with E-state index >= 15 is 0 Å². The van der Waals surface area contributed by atoms with Gasteiger partial charge in [0.2, 0.25) is 5.95 Å². The van der Waals surface area contributed by atoms with Crippen molar-refractivity contribution in [3.05, 3.63) is 102 Å². The Bertz CT molecular complexity index is 1180. The number of benzene rings is 2. The molecule has 30 heavy (non-hydrogen) atoms. The molecule has 0 saturated carbocycles. The second-order valence-electron chi connectivity index (χ2n) is 7.21. The average molecular weight is 400 g/mol. The van der Waals surface area contributed by atoms with Crippen LogP contribution in [0.3, 0.4) is 0 Å². The van der Waals surface area contributed by atoms with E-state index in [2.05, 4.69) is 15.0 Å². The van der Waals surface area contributed by atoms with Crippen LogP contribution in [0.1, 0.15) is 30.0 Å². The first-order valence-electron chi connectivity index (χ1n) is 9.76. The van der Waals surface area contributed by atoms with E-state index in [9.17, 15) is 8.78 Å². The lowest BCUT2D eigenvalue weighted by atomic mass is 10.0. The zero-order valence-electron chi connectivity index (χ0n) is 16.0. The van der Waals surface area contributed by atoms with Gasteiger partial charge in [-0.1, -0.05) is 30.3 Å². The maximum atomic E-state index is 14.1. The molecule has 0 N–H and O–H groups in total. The third kappa shape index (κ3) is 3.41. The Kier molecular flexibility index (Phi) is 4.67. The molecule has 1 atom stereocenters. The second kappa shape index (κ2) is 7.63. The highest BCUT2D eigenvalue weighted by molar-refractivity contribution is 6.02. The fourth-order valence-corrected chi connectivity index (χ4v) is 3.76. The van der Waals surface area contributed by atoms with E-state index in [4.69, 9.17) is 0 Å². The summed E-state index contributed by atoms with van der Waals surface area (Å²) in [5.41, 5.74) is 3.43. The topological polar surface area (TPSA) is 43.1 Å². The molecule has 2 aromatic carbocycles. The van der Waals surface area contributed by atoms with Crippen LogP contribution >= 0.6 is 0 Å². The van der Waals surface area contributed by atoms with Crippen molar-refractivity contribution in [2.75, 3.05) is 0 Å². The predicted octanol–water partition coefficient (Wildman–Crippen LogP) is 5.54. The van der Waals surface area contributed by atoms with Crippen LogP contribution in [0.15, 0.2) is 84.4 Å². The lowest BCUT2D eigenvalue weighted by molar-refractivity contribution is 0.578. The number of aliphatic imine (C=N–C) groups is 1. The van der Waals surface area contributed by atoms with Crippen molar-refractivity contribution in [1.82, 2.24) is 14.5 Å². The predicted molar refractivity (Wildman–Crippen MR) is 112 cm³/mol. The zero-order valence-corrected chi connectivity index (χ0v) is 16.0. The first kappa shape index (κ1) is 18.4. The van der Waals surface area contributed by atoms with Crippen molar-refractivity contribution in [3.8, 4) is 17.1 Å². The molecule has 0 aliphatic carbocycles. The van der Waals surface area contributed by atoms with Gasteiger partial charge in [-0.2, -0.15) is 0 Å². The van der Waals surface area contributed by atoms with Gasteiger partial charge in [-0.15, -0.1) is 0 Å². The van der Waals surface area contributed by atoms with Gasteiger partial charge in [0.15, 0.2) is 0 Å². The van der Waals surface area contributed by atoms with Crippen molar-refractivity contribution in [2.24, 2.45) is 4.99 Å². The monoisotopic (exact) mass is 400 g/mol. The van der Waals surface area contributed by atoms with Crippen molar-refractivity contribution < 1.29 is 8.78 Å². The summed E-state index contributed by atoms with van der Waals surface area (Å²) in [4.78, 5) is 13.4. The smallest absolute Gasteiger partial charge is 0.233 e. The van der Waals surface area contributed by atoms with Crippen molar-refractivity contribution in [2.45, 2.75) is 18.9 Å². The number of hydrogen-bond acceptors (Lipinski definition) is 3. The lowest BCUT2D eigenvalue weighted by Gasteiger charge is -2.09. The van der Waals surface area contributed by atoms with Crippen LogP contribution < -0.4 is 0 Å². The summed E-state index contributed by atoms with van der Waals surface area (Å²) in [5, 5.41) is 0. The summed E-state index contributed by atoms with van der Waals surface area (Å²) in [5.74, 6) is -0.505. The summed E-state index contributed by atoms with van der Waals surface area (Å²) in [6.45, 7) is 0.